The van der Waals surface area contributed by atoms with Crippen LogP contribution in [0.25, 0.3) is 0 Å². The van der Waals surface area contributed by atoms with Crippen LogP contribution in [0, 0.1) is 18.6 Å². The molecule has 0 spiro atoms. The lowest BCUT2D eigenvalue weighted by Gasteiger charge is -1.99. The van der Waals surface area contributed by atoms with Gasteiger partial charge in [-0.3, -0.25) is 9.78 Å². The van der Waals surface area contributed by atoms with Gasteiger partial charge in [0.15, 0.2) is 0 Å². The molecule has 1 aromatic carbocycles. The van der Waals surface area contributed by atoms with Crippen LogP contribution in [0.15, 0.2) is 28.1 Å². The van der Waals surface area contributed by atoms with Crippen LogP contribution in [0.2, 0.25) is 0 Å². The maximum Gasteiger partial charge on any atom is 0.274 e. The third-order valence-corrected chi connectivity index (χ3v) is 2.20. The number of anilines is 1. The largest absolute Gasteiger partial charge is 0.288 e. The van der Waals surface area contributed by atoms with Crippen LogP contribution in [0.5, 0.6) is 0 Å². The average Bonchev–Trinajstić information content (AvgIpc) is 2.36. The van der Waals surface area contributed by atoms with Gasteiger partial charge in [0.2, 0.25) is 5.95 Å². The van der Waals surface area contributed by atoms with Gasteiger partial charge in [-0.15, -0.1) is 10.2 Å². The summed E-state index contributed by atoms with van der Waals surface area (Å²) in [5, 5.41) is 10.9. The van der Waals surface area contributed by atoms with Crippen molar-refractivity contribution < 1.29 is 8.78 Å². The Morgan fingerprint density at radius 3 is 2.84 bits per heavy atom. The molecule has 0 saturated heterocycles. The van der Waals surface area contributed by atoms with Gasteiger partial charge >= 0.3 is 0 Å². The Morgan fingerprint density at radius 2 is 2.16 bits per heavy atom. The van der Waals surface area contributed by atoms with E-state index in [-0.39, 0.29) is 17.2 Å². The summed E-state index contributed by atoms with van der Waals surface area (Å²) in [5.41, 5.74) is 2.30. The number of nitrogens with zero attached hydrogens (tertiary/aromatic N) is 3. The van der Waals surface area contributed by atoms with Gasteiger partial charge in [-0.05, 0) is 19.1 Å². The van der Waals surface area contributed by atoms with Crippen LogP contribution in [-0.4, -0.2) is 21.4 Å². The topological polar surface area (TPSA) is 83.0 Å². The Hall–Kier alpha value is -2.64. The molecular formula is C11H9F2N5O. The molecule has 0 saturated carbocycles. The zero-order valence-corrected chi connectivity index (χ0v) is 9.82. The van der Waals surface area contributed by atoms with Gasteiger partial charge in [-0.25, -0.2) is 14.2 Å². The predicted molar refractivity (Wildman–Crippen MR) is 65.0 cm³/mol. The van der Waals surface area contributed by atoms with Crippen molar-refractivity contribution in [2.24, 2.45) is 5.10 Å². The van der Waals surface area contributed by atoms with Gasteiger partial charge in [-0.2, -0.15) is 5.10 Å². The Morgan fingerprint density at radius 1 is 1.37 bits per heavy atom. The van der Waals surface area contributed by atoms with Gasteiger partial charge in [0.1, 0.15) is 17.3 Å². The van der Waals surface area contributed by atoms with Crippen molar-refractivity contribution in [2.75, 3.05) is 5.43 Å². The molecule has 98 valence electrons. The molecule has 6 nitrogen and oxygen atoms in total. The summed E-state index contributed by atoms with van der Waals surface area (Å²) >= 11 is 0. The summed E-state index contributed by atoms with van der Waals surface area (Å²) in [4.78, 5) is 13.6. The zero-order valence-electron chi connectivity index (χ0n) is 9.82. The van der Waals surface area contributed by atoms with Crippen LogP contribution < -0.4 is 11.0 Å². The van der Waals surface area contributed by atoms with Gasteiger partial charge in [0, 0.05) is 11.6 Å². The maximum atomic E-state index is 13.2. The number of nitrogens with one attached hydrogen (secondary N) is 2. The van der Waals surface area contributed by atoms with E-state index in [1.54, 1.807) is 0 Å². The molecule has 0 aliphatic rings. The van der Waals surface area contributed by atoms with Gasteiger partial charge in [0.25, 0.3) is 5.56 Å². The lowest BCUT2D eigenvalue weighted by Crippen LogP contribution is -2.15. The van der Waals surface area contributed by atoms with Crippen LogP contribution in [0.3, 0.4) is 0 Å². The van der Waals surface area contributed by atoms with Crippen LogP contribution in [-0.2, 0) is 0 Å². The molecule has 0 aliphatic carbocycles. The normalized spacial score (nSPS) is 10.9. The highest BCUT2D eigenvalue weighted by Crippen LogP contribution is 2.07. The molecule has 2 N–H and O–H groups in total. The summed E-state index contributed by atoms with van der Waals surface area (Å²) in [6.07, 6.45) is 1.13. The molecule has 0 bridgehead atoms. The second-order valence-corrected chi connectivity index (χ2v) is 3.62. The number of rotatable bonds is 3. The highest BCUT2D eigenvalue weighted by atomic mass is 19.1. The predicted octanol–water partition coefficient (Wildman–Crippen LogP) is 1.20. The first-order valence-corrected chi connectivity index (χ1v) is 5.24. The number of hydrazone groups is 1. The number of benzene rings is 1. The van der Waals surface area contributed by atoms with Crippen molar-refractivity contribution in [3.05, 3.63) is 51.4 Å². The number of H-pyrrole nitrogens is 1. The number of hydrogen-bond acceptors (Lipinski definition) is 5. The van der Waals surface area contributed by atoms with Crippen molar-refractivity contribution in [1.29, 1.82) is 0 Å². The molecule has 0 aliphatic heterocycles. The van der Waals surface area contributed by atoms with Gasteiger partial charge in [0.05, 0.1) is 6.21 Å². The molecule has 0 fully saturated rings. The van der Waals surface area contributed by atoms with Gasteiger partial charge in [-0.1, -0.05) is 0 Å². The number of aromatic amines is 1. The fourth-order valence-electron chi connectivity index (χ4n) is 1.21. The van der Waals surface area contributed by atoms with E-state index >= 15 is 0 Å². The van der Waals surface area contributed by atoms with E-state index in [0.29, 0.717) is 0 Å². The molecule has 0 atom stereocenters. The monoisotopic (exact) mass is 265 g/mol. The molecule has 0 radical (unpaired) electrons. The van der Waals surface area contributed by atoms with Crippen LogP contribution in [0.1, 0.15) is 11.3 Å². The van der Waals surface area contributed by atoms with Crippen molar-refractivity contribution in [3.8, 4) is 0 Å². The second-order valence-electron chi connectivity index (χ2n) is 3.62. The molecule has 1 aromatic heterocycles. The van der Waals surface area contributed by atoms with Crippen molar-refractivity contribution in [2.45, 2.75) is 6.92 Å². The molecular weight excluding hydrogens is 256 g/mol. The fraction of sp³-hybridized carbons (Fsp3) is 0.0909. The SMILES string of the molecule is Cc1nnc(N/N=C\c2ccc(F)cc2F)[nH]c1=O. The molecule has 8 heteroatoms. The van der Waals surface area contributed by atoms with E-state index in [1.165, 1.54) is 13.0 Å². The first kappa shape index (κ1) is 12.8. The number of hydrogen-bond donors (Lipinski definition) is 2. The average molecular weight is 265 g/mol. The van der Waals surface area contributed by atoms with E-state index in [0.717, 1.165) is 18.3 Å². The highest BCUT2D eigenvalue weighted by molar-refractivity contribution is 5.80. The molecule has 0 unspecified atom stereocenters. The van der Waals surface area contributed by atoms with E-state index in [9.17, 15) is 13.6 Å². The number of halogens is 2. The van der Waals surface area contributed by atoms with Crippen molar-refractivity contribution >= 4 is 12.2 Å². The summed E-state index contributed by atoms with van der Waals surface area (Å²) in [6, 6.07) is 3.09. The first-order chi connectivity index (χ1) is 9.06. The van der Waals surface area contributed by atoms with Crippen LogP contribution >= 0.6 is 0 Å². The summed E-state index contributed by atoms with van der Waals surface area (Å²) in [7, 11) is 0. The smallest absolute Gasteiger partial charge is 0.274 e. The minimum Gasteiger partial charge on any atom is -0.288 e. The third kappa shape index (κ3) is 3.18. The van der Waals surface area contributed by atoms with Crippen LogP contribution in [0.4, 0.5) is 14.7 Å². The summed E-state index contributed by atoms with van der Waals surface area (Å²) in [5.74, 6) is -1.39. The lowest BCUT2D eigenvalue weighted by atomic mass is 10.2. The van der Waals surface area contributed by atoms with Crippen molar-refractivity contribution in [3.63, 3.8) is 0 Å². The van der Waals surface area contributed by atoms with E-state index in [4.69, 9.17) is 0 Å². The standard InChI is InChI=1S/C11H9F2N5O/c1-6-10(19)15-11(18-16-6)17-14-5-7-2-3-8(12)4-9(7)13/h2-5H,1H3,(H2,15,17,18,19)/b14-5-. The molecule has 0 amide bonds. The van der Waals surface area contributed by atoms with Gasteiger partial charge < -0.3 is 0 Å². The molecule has 1 heterocycles. The van der Waals surface area contributed by atoms with Crippen molar-refractivity contribution in [1.82, 2.24) is 15.2 Å². The first-order valence-electron chi connectivity index (χ1n) is 5.24. The number of aryl methyl sites for hydroxylation is 1. The molecule has 2 aromatic rings. The van der Waals surface area contributed by atoms with E-state index in [2.05, 4.69) is 25.7 Å². The lowest BCUT2D eigenvalue weighted by molar-refractivity contribution is 0.582. The summed E-state index contributed by atoms with van der Waals surface area (Å²) in [6.45, 7) is 1.51. The van der Waals surface area contributed by atoms with E-state index in [1.807, 2.05) is 0 Å². The van der Waals surface area contributed by atoms with E-state index < -0.39 is 17.2 Å². The molecule has 2 rings (SSSR count). The Balaban J connectivity index is 2.11. The Bertz CT molecular complexity index is 683. The fourth-order valence-corrected chi connectivity index (χ4v) is 1.21. The summed E-state index contributed by atoms with van der Waals surface area (Å²) < 4.78 is 25.9. The molecule has 19 heavy (non-hydrogen) atoms. The second kappa shape index (κ2) is 5.34. The zero-order chi connectivity index (χ0) is 13.8. The Kier molecular flexibility index (Phi) is 3.60. The quantitative estimate of drug-likeness (QED) is 0.645. The number of aromatic nitrogens is 3. The highest BCUT2D eigenvalue weighted by Gasteiger charge is 2.01. The minimum absolute atomic E-state index is 0.0226. The third-order valence-electron chi connectivity index (χ3n) is 2.20. The maximum absolute atomic E-state index is 13.2. The Labute approximate surface area is 106 Å². The minimum atomic E-state index is -0.742.